The maximum absolute atomic E-state index is 9.38. The van der Waals surface area contributed by atoms with Gasteiger partial charge >= 0.3 is 0 Å². The summed E-state index contributed by atoms with van der Waals surface area (Å²) in [5, 5.41) is 18.7. The van der Waals surface area contributed by atoms with Crippen molar-refractivity contribution in [1.82, 2.24) is 14.8 Å². The summed E-state index contributed by atoms with van der Waals surface area (Å²) in [6.07, 6.45) is 2.73. The number of rotatable bonds is 3. The fourth-order valence-electron chi connectivity index (χ4n) is 2.64. The van der Waals surface area contributed by atoms with Gasteiger partial charge in [-0.2, -0.15) is 0 Å². The number of hydrogen-bond acceptors (Lipinski definition) is 3. The highest BCUT2D eigenvalue weighted by atomic mass is 35.5. The van der Waals surface area contributed by atoms with Crippen molar-refractivity contribution in [1.29, 1.82) is 0 Å². The Morgan fingerprint density at radius 1 is 1.32 bits per heavy atom. The average Bonchev–Trinajstić information content (AvgIpc) is 2.84. The molecule has 0 radical (unpaired) electrons. The molecule has 5 heteroatoms. The van der Waals surface area contributed by atoms with Crippen LogP contribution in [0.3, 0.4) is 0 Å². The lowest BCUT2D eigenvalue weighted by molar-refractivity contribution is 0.237. The second kappa shape index (κ2) is 5.31. The van der Waals surface area contributed by atoms with Crippen molar-refractivity contribution in [3.63, 3.8) is 0 Å². The van der Waals surface area contributed by atoms with Gasteiger partial charge in [-0.05, 0) is 24.5 Å². The SMILES string of the molecule is OCC1CCCn2c(Cc3ccccc3Cl)nnc21. The van der Waals surface area contributed by atoms with Crippen LogP contribution in [0.25, 0.3) is 0 Å². The molecule has 4 nitrogen and oxygen atoms in total. The van der Waals surface area contributed by atoms with Crippen molar-refractivity contribution in [3.05, 3.63) is 46.5 Å². The van der Waals surface area contributed by atoms with Gasteiger partial charge in [-0.3, -0.25) is 0 Å². The summed E-state index contributed by atoms with van der Waals surface area (Å²) in [5.74, 6) is 1.97. The summed E-state index contributed by atoms with van der Waals surface area (Å²) >= 11 is 6.18. The third-order valence-corrected chi connectivity index (χ3v) is 4.05. The Kier molecular flexibility index (Phi) is 3.53. The van der Waals surface area contributed by atoms with E-state index in [0.717, 1.165) is 41.6 Å². The molecule has 0 bridgehead atoms. The predicted molar refractivity (Wildman–Crippen MR) is 73.3 cm³/mol. The predicted octanol–water partition coefficient (Wildman–Crippen LogP) is 2.39. The summed E-state index contributed by atoms with van der Waals surface area (Å²) in [6, 6.07) is 7.80. The Hall–Kier alpha value is -1.39. The maximum atomic E-state index is 9.38. The largest absolute Gasteiger partial charge is 0.396 e. The molecule has 1 aromatic heterocycles. The Labute approximate surface area is 117 Å². The van der Waals surface area contributed by atoms with Gasteiger partial charge in [-0.1, -0.05) is 29.8 Å². The normalized spacial score (nSPS) is 18.3. The van der Waals surface area contributed by atoms with Gasteiger partial charge < -0.3 is 9.67 Å². The van der Waals surface area contributed by atoms with Gasteiger partial charge in [-0.25, -0.2) is 0 Å². The number of aromatic nitrogens is 3. The molecule has 100 valence electrons. The minimum absolute atomic E-state index is 0.126. The van der Waals surface area contributed by atoms with Gasteiger partial charge in [0.15, 0.2) is 0 Å². The summed E-state index contributed by atoms with van der Waals surface area (Å²) in [7, 11) is 0. The number of aliphatic hydroxyl groups is 1. The number of halogens is 1. The molecule has 2 aromatic rings. The number of aliphatic hydroxyl groups excluding tert-OH is 1. The molecular weight excluding hydrogens is 262 g/mol. The summed E-state index contributed by atoms with van der Waals surface area (Å²) in [6.45, 7) is 1.07. The molecule has 3 rings (SSSR count). The Morgan fingerprint density at radius 2 is 2.16 bits per heavy atom. The van der Waals surface area contributed by atoms with E-state index in [0.29, 0.717) is 6.42 Å². The number of fused-ring (bicyclic) bond motifs is 1. The van der Waals surface area contributed by atoms with E-state index in [4.69, 9.17) is 11.6 Å². The summed E-state index contributed by atoms with van der Waals surface area (Å²) in [4.78, 5) is 0. The fraction of sp³-hybridized carbons (Fsp3) is 0.429. The minimum Gasteiger partial charge on any atom is -0.396 e. The van der Waals surface area contributed by atoms with Gasteiger partial charge in [0.05, 0.1) is 6.61 Å². The topological polar surface area (TPSA) is 50.9 Å². The second-order valence-electron chi connectivity index (χ2n) is 4.92. The van der Waals surface area contributed by atoms with E-state index in [1.165, 1.54) is 0 Å². The highest BCUT2D eigenvalue weighted by Gasteiger charge is 2.24. The Balaban J connectivity index is 1.91. The first-order chi connectivity index (χ1) is 9.29. The molecule has 0 aliphatic carbocycles. The van der Waals surface area contributed by atoms with Crippen LogP contribution < -0.4 is 0 Å². The van der Waals surface area contributed by atoms with Gasteiger partial charge in [0.2, 0.25) is 0 Å². The van der Waals surface area contributed by atoms with Crippen LogP contribution in [0.1, 0.15) is 36.0 Å². The summed E-state index contributed by atoms with van der Waals surface area (Å²) < 4.78 is 2.13. The lowest BCUT2D eigenvalue weighted by Gasteiger charge is -2.21. The minimum atomic E-state index is 0.126. The lowest BCUT2D eigenvalue weighted by atomic mass is 10.00. The first kappa shape index (κ1) is 12.6. The molecule has 1 aromatic carbocycles. The molecule has 0 saturated heterocycles. The third-order valence-electron chi connectivity index (χ3n) is 3.68. The van der Waals surface area contributed by atoms with E-state index in [-0.39, 0.29) is 12.5 Å². The van der Waals surface area contributed by atoms with Gasteiger partial charge in [-0.15, -0.1) is 10.2 Å². The van der Waals surface area contributed by atoms with E-state index in [1.807, 2.05) is 24.3 Å². The van der Waals surface area contributed by atoms with Crippen molar-refractivity contribution in [2.75, 3.05) is 6.61 Å². The zero-order valence-electron chi connectivity index (χ0n) is 10.6. The molecule has 0 fully saturated rings. The van der Waals surface area contributed by atoms with Crippen LogP contribution in [0.15, 0.2) is 24.3 Å². The van der Waals surface area contributed by atoms with Crippen LogP contribution in [0.5, 0.6) is 0 Å². The van der Waals surface area contributed by atoms with E-state index >= 15 is 0 Å². The van der Waals surface area contributed by atoms with Crippen LogP contribution in [0, 0.1) is 0 Å². The molecule has 0 saturated carbocycles. The standard InChI is InChI=1S/C14H16ClN3O/c15-12-6-2-1-4-10(12)8-13-16-17-14-11(9-19)5-3-7-18(13)14/h1-2,4,6,11,19H,3,5,7-9H2. The molecule has 19 heavy (non-hydrogen) atoms. The monoisotopic (exact) mass is 277 g/mol. The van der Waals surface area contributed by atoms with Crippen LogP contribution in [-0.4, -0.2) is 26.5 Å². The van der Waals surface area contributed by atoms with Crippen LogP contribution in [0.2, 0.25) is 5.02 Å². The quantitative estimate of drug-likeness (QED) is 0.937. The molecular formula is C14H16ClN3O. The van der Waals surface area contributed by atoms with E-state index < -0.39 is 0 Å². The molecule has 1 aliphatic heterocycles. The third kappa shape index (κ3) is 2.38. The molecule has 1 unspecified atom stereocenters. The molecule has 1 atom stereocenters. The van der Waals surface area contributed by atoms with Crippen LogP contribution >= 0.6 is 11.6 Å². The van der Waals surface area contributed by atoms with Crippen molar-refractivity contribution in [2.24, 2.45) is 0 Å². The second-order valence-corrected chi connectivity index (χ2v) is 5.32. The number of benzene rings is 1. The Bertz CT molecular complexity index is 582. The number of hydrogen-bond donors (Lipinski definition) is 1. The highest BCUT2D eigenvalue weighted by molar-refractivity contribution is 6.31. The van der Waals surface area contributed by atoms with Gasteiger partial charge in [0, 0.05) is 23.9 Å². The van der Waals surface area contributed by atoms with Crippen molar-refractivity contribution >= 4 is 11.6 Å². The first-order valence-electron chi connectivity index (χ1n) is 6.56. The number of nitrogens with zero attached hydrogens (tertiary/aromatic N) is 3. The molecule has 2 heterocycles. The van der Waals surface area contributed by atoms with Crippen molar-refractivity contribution < 1.29 is 5.11 Å². The molecule has 0 spiro atoms. The maximum Gasteiger partial charge on any atom is 0.138 e. The van der Waals surface area contributed by atoms with E-state index in [9.17, 15) is 5.11 Å². The molecule has 1 N–H and O–H groups in total. The zero-order valence-corrected chi connectivity index (χ0v) is 11.3. The molecule has 0 amide bonds. The Morgan fingerprint density at radius 3 is 2.95 bits per heavy atom. The van der Waals surface area contributed by atoms with Crippen molar-refractivity contribution in [2.45, 2.75) is 31.7 Å². The molecule has 1 aliphatic rings. The van der Waals surface area contributed by atoms with Crippen LogP contribution in [-0.2, 0) is 13.0 Å². The first-order valence-corrected chi connectivity index (χ1v) is 6.93. The lowest BCUT2D eigenvalue weighted by Crippen LogP contribution is -2.20. The zero-order chi connectivity index (χ0) is 13.2. The van der Waals surface area contributed by atoms with E-state index in [2.05, 4.69) is 14.8 Å². The fourth-order valence-corrected chi connectivity index (χ4v) is 2.84. The summed E-state index contributed by atoms with van der Waals surface area (Å²) in [5.41, 5.74) is 1.06. The highest BCUT2D eigenvalue weighted by Crippen LogP contribution is 2.27. The van der Waals surface area contributed by atoms with E-state index in [1.54, 1.807) is 0 Å². The average molecular weight is 278 g/mol. The van der Waals surface area contributed by atoms with Gasteiger partial charge in [0.25, 0.3) is 0 Å². The van der Waals surface area contributed by atoms with Gasteiger partial charge in [0.1, 0.15) is 11.6 Å². The smallest absolute Gasteiger partial charge is 0.138 e. The van der Waals surface area contributed by atoms with Crippen LogP contribution in [0.4, 0.5) is 0 Å². The van der Waals surface area contributed by atoms with Crippen molar-refractivity contribution in [3.8, 4) is 0 Å².